The Balaban J connectivity index is 2.03. The highest BCUT2D eigenvalue weighted by molar-refractivity contribution is 4.96. The average Bonchev–Trinajstić information content (AvgIpc) is 2.12. The largest absolute Gasteiger partial charge is 0.313 e. The quantitative estimate of drug-likeness (QED) is 0.490. The zero-order chi connectivity index (χ0) is 5.40. The van der Waals surface area contributed by atoms with Crippen LogP contribution in [0, 0.1) is 12.3 Å². The van der Waals surface area contributed by atoms with Crippen molar-refractivity contribution >= 4 is 0 Å². The molecule has 2 atom stereocenters. The van der Waals surface area contributed by atoms with Crippen molar-refractivity contribution in [3.05, 3.63) is 6.42 Å². The molecule has 1 radical (unpaired) electrons. The normalized spacial score (nSPS) is 45.0. The maximum absolute atomic E-state index is 3.46. The lowest BCUT2D eigenvalue weighted by molar-refractivity contribution is 0.475. The Hall–Kier alpha value is -0.0400. The van der Waals surface area contributed by atoms with Crippen LogP contribution in [0.3, 0.4) is 0 Å². The molecule has 2 aliphatic rings. The molecule has 1 heteroatoms. The van der Waals surface area contributed by atoms with Gasteiger partial charge < -0.3 is 5.32 Å². The third-order valence-electron chi connectivity index (χ3n) is 2.28. The molecular weight excluding hydrogens is 98.1 g/mol. The van der Waals surface area contributed by atoms with Crippen molar-refractivity contribution in [1.82, 2.24) is 5.32 Å². The summed E-state index contributed by atoms with van der Waals surface area (Å²) in [5.41, 5.74) is 0. The summed E-state index contributed by atoms with van der Waals surface area (Å²) < 4.78 is 0. The number of hydrogen-bond donors (Lipinski definition) is 1. The molecule has 1 aliphatic carbocycles. The minimum absolute atomic E-state index is 0.786. The molecule has 1 saturated carbocycles. The van der Waals surface area contributed by atoms with Crippen LogP contribution in [-0.2, 0) is 0 Å². The molecule has 0 amide bonds. The molecule has 2 unspecified atom stereocenters. The van der Waals surface area contributed by atoms with Gasteiger partial charge >= 0.3 is 0 Å². The molecule has 2 fully saturated rings. The fourth-order valence-electron chi connectivity index (χ4n) is 1.78. The Morgan fingerprint density at radius 2 is 2.50 bits per heavy atom. The maximum atomic E-state index is 3.46. The number of hydrogen-bond acceptors (Lipinski definition) is 1. The second kappa shape index (κ2) is 1.73. The van der Waals surface area contributed by atoms with Gasteiger partial charge in [0.2, 0.25) is 0 Å². The summed E-state index contributed by atoms with van der Waals surface area (Å²) in [6.45, 7) is 1.28. The molecule has 0 spiro atoms. The highest BCUT2D eigenvalue weighted by atomic mass is 15.0. The molecule has 45 valence electrons. The fraction of sp³-hybridized carbons (Fsp3) is 0.857. The highest BCUT2D eigenvalue weighted by Crippen LogP contribution is 2.27. The monoisotopic (exact) mass is 110 g/mol. The van der Waals surface area contributed by atoms with Crippen LogP contribution in [0.25, 0.3) is 0 Å². The first-order valence-electron chi connectivity index (χ1n) is 3.52. The molecule has 2 rings (SSSR count). The standard InChI is InChI=1S/C7H12N/c1-2-6-4-7(3-1)8-5-6/h3,6-8H,1-2,4-5H2. The Labute approximate surface area is 50.5 Å². The van der Waals surface area contributed by atoms with E-state index in [1.807, 2.05) is 0 Å². The lowest BCUT2D eigenvalue weighted by atomic mass is 9.91. The van der Waals surface area contributed by atoms with Crippen LogP contribution in [-0.4, -0.2) is 12.6 Å². The van der Waals surface area contributed by atoms with Crippen LogP contribution in [0.1, 0.15) is 19.3 Å². The Bertz CT molecular complexity index is 76.4. The molecule has 0 aromatic heterocycles. The van der Waals surface area contributed by atoms with E-state index in [-0.39, 0.29) is 0 Å². The number of rotatable bonds is 0. The van der Waals surface area contributed by atoms with Crippen LogP contribution in [0.5, 0.6) is 0 Å². The minimum Gasteiger partial charge on any atom is -0.313 e. The van der Waals surface area contributed by atoms with Gasteiger partial charge in [-0.2, -0.15) is 0 Å². The van der Waals surface area contributed by atoms with Crippen molar-refractivity contribution in [2.75, 3.05) is 6.54 Å². The zero-order valence-electron chi connectivity index (χ0n) is 5.06. The Morgan fingerprint density at radius 3 is 3.25 bits per heavy atom. The lowest BCUT2D eigenvalue weighted by Crippen LogP contribution is -2.20. The van der Waals surface area contributed by atoms with Crippen LogP contribution in [0.2, 0.25) is 0 Å². The Morgan fingerprint density at radius 1 is 1.50 bits per heavy atom. The van der Waals surface area contributed by atoms with Gasteiger partial charge in [0.05, 0.1) is 0 Å². The molecule has 1 saturated heterocycles. The molecule has 2 bridgehead atoms. The maximum Gasteiger partial charge on any atom is 0.0102 e. The number of nitrogens with one attached hydrogen (secondary N) is 1. The van der Waals surface area contributed by atoms with E-state index in [0.717, 1.165) is 12.0 Å². The van der Waals surface area contributed by atoms with E-state index in [4.69, 9.17) is 0 Å². The third-order valence-corrected chi connectivity index (χ3v) is 2.28. The first kappa shape index (κ1) is 4.80. The smallest absolute Gasteiger partial charge is 0.0102 e. The molecule has 1 aliphatic heterocycles. The SMILES string of the molecule is [CH]1CCC2CNC1C2. The van der Waals surface area contributed by atoms with Gasteiger partial charge in [-0.15, -0.1) is 0 Å². The summed E-state index contributed by atoms with van der Waals surface area (Å²) in [4.78, 5) is 0. The van der Waals surface area contributed by atoms with Crippen LogP contribution >= 0.6 is 0 Å². The van der Waals surface area contributed by atoms with Crippen LogP contribution in [0.15, 0.2) is 0 Å². The van der Waals surface area contributed by atoms with E-state index in [9.17, 15) is 0 Å². The first-order valence-corrected chi connectivity index (χ1v) is 3.52. The van der Waals surface area contributed by atoms with Crippen molar-refractivity contribution in [2.24, 2.45) is 5.92 Å². The molecule has 0 aromatic rings. The molecular formula is C7H12N. The second-order valence-corrected chi connectivity index (χ2v) is 2.93. The van der Waals surface area contributed by atoms with Gasteiger partial charge in [-0.25, -0.2) is 0 Å². The summed E-state index contributed by atoms with van der Waals surface area (Å²) in [6.07, 6.45) is 6.62. The summed E-state index contributed by atoms with van der Waals surface area (Å²) in [5, 5.41) is 3.46. The Kier molecular flexibility index (Phi) is 1.04. The highest BCUT2D eigenvalue weighted by Gasteiger charge is 2.27. The van der Waals surface area contributed by atoms with E-state index in [1.54, 1.807) is 0 Å². The zero-order valence-corrected chi connectivity index (χ0v) is 5.06. The fourth-order valence-corrected chi connectivity index (χ4v) is 1.78. The van der Waals surface area contributed by atoms with E-state index in [0.29, 0.717) is 0 Å². The topological polar surface area (TPSA) is 12.0 Å². The third kappa shape index (κ3) is 0.655. The van der Waals surface area contributed by atoms with Gasteiger partial charge in [0.15, 0.2) is 0 Å². The van der Waals surface area contributed by atoms with Gasteiger partial charge in [-0.05, 0) is 38.1 Å². The molecule has 1 N–H and O–H groups in total. The number of fused-ring (bicyclic) bond motifs is 2. The first-order chi connectivity index (χ1) is 3.95. The van der Waals surface area contributed by atoms with Crippen molar-refractivity contribution in [2.45, 2.75) is 25.3 Å². The van der Waals surface area contributed by atoms with Crippen molar-refractivity contribution in [1.29, 1.82) is 0 Å². The van der Waals surface area contributed by atoms with E-state index in [1.165, 1.54) is 25.8 Å². The minimum atomic E-state index is 0.786. The van der Waals surface area contributed by atoms with E-state index >= 15 is 0 Å². The van der Waals surface area contributed by atoms with Crippen molar-refractivity contribution < 1.29 is 0 Å². The predicted molar refractivity (Wildman–Crippen MR) is 33.4 cm³/mol. The van der Waals surface area contributed by atoms with Gasteiger partial charge in [0.25, 0.3) is 0 Å². The summed E-state index contributed by atoms with van der Waals surface area (Å²) in [6, 6.07) is 0.786. The van der Waals surface area contributed by atoms with Gasteiger partial charge in [-0.3, -0.25) is 0 Å². The van der Waals surface area contributed by atoms with E-state index in [2.05, 4.69) is 11.7 Å². The molecule has 0 aromatic carbocycles. The average molecular weight is 110 g/mol. The molecule has 1 nitrogen and oxygen atoms in total. The summed E-state index contributed by atoms with van der Waals surface area (Å²) in [7, 11) is 0. The van der Waals surface area contributed by atoms with E-state index < -0.39 is 0 Å². The summed E-state index contributed by atoms with van der Waals surface area (Å²) >= 11 is 0. The van der Waals surface area contributed by atoms with Crippen LogP contribution < -0.4 is 5.32 Å². The predicted octanol–water partition coefficient (Wildman–Crippen LogP) is 0.963. The van der Waals surface area contributed by atoms with Crippen molar-refractivity contribution in [3.8, 4) is 0 Å². The summed E-state index contributed by atoms with van der Waals surface area (Å²) in [5.74, 6) is 1.02. The van der Waals surface area contributed by atoms with Gasteiger partial charge in [0, 0.05) is 6.04 Å². The molecule has 1 heterocycles. The molecule has 8 heavy (non-hydrogen) atoms. The lowest BCUT2D eigenvalue weighted by Gasteiger charge is -2.15. The van der Waals surface area contributed by atoms with Gasteiger partial charge in [-0.1, -0.05) is 0 Å². The van der Waals surface area contributed by atoms with Gasteiger partial charge in [0.1, 0.15) is 0 Å². The van der Waals surface area contributed by atoms with Crippen LogP contribution in [0.4, 0.5) is 0 Å². The second-order valence-electron chi connectivity index (χ2n) is 2.93. The van der Waals surface area contributed by atoms with Crippen molar-refractivity contribution in [3.63, 3.8) is 0 Å².